The van der Waals surface area contributed by atoms with Crippen molar-refractivity contribution in [2.24, 2.45) is 0 Å². The lowest BCUT2D eigenvalue weighted by atomic mass is 10.0. The first kappa shape index (κ1) is 11.5. The number of hydrogen-bond acceptors (Lipinski definition) is 2. The molecule has 0 amide bonds. The van der Waals surface area contributed by atoms with Gasteiger partial charge in [-0.1, -0.05) is 18.2 Å². The van der Waals surface area contributed by atoms with E-state index in [-0.39, 0.29) is 5.56 Å². The van der Waals surface area contributed by atoms with E-state index in [9.17, 15) is 13.6 Å². The average Bonchev–Trinajstić information content (AvgIpc) is 2.36. The second kappa shape index (κ2) is 4.49. The van der Waals surface area contributed by atoms with Crippen LogP contribution in [0, 0.1) is 0 Å². The van der Waals surface area contributed by atoms with Crippen molar-refractivity contribution in [1.29, 1.82) is 0 Å². The Morgan fingerprint density at radius 2 is 1.76 bits per heavy atom. The Morgan fingerprint density at radius 3 is 2.41 bits per heavy atom. The molecule has 0 radical (unpaired) electrons. The molecule has 0 fully saturated rings. The molecule has 2 aromatic carbocycles. The summed E-state index contributed by atoms with van der Waals surface area (Å²) in [6.07, 6.45) is -2.97. The second-order valence-electron chi connectivity index (χ2n) is 3.59. The van der Waals surface area contributed by atoms with E-state index in [1.54, 1.807) is 31.4 Å². The van der Waals surface area contributed by atoms with Gasteiger partial charge in [-0.05, 0) is 29.0 Å². The smallest absolute Gasteiger partial charge is 0.300 e. The number of carbonyl (C=O) groups excluding carboxylic acids is 1. The maximum absolute atomic E-state index is 12.3. The summed E-state index contributed by atoms with van der Waals surface area (Å²) in [5, 5.41) is 1.58. The van der Waals surface area contributed by atoms with Gasteiger partial charge in [0.15, 0.2) is 0 Å². The predicted molar refractivity (Wildman–Crippen MR) is 60.8 cm³/mol. The molecule has 0 atom stereocenters. The fourth-order valence-electron chi connectivity index (χ4n) is 1.63. The fraction of sp³-hybridized carbons (Fsp3) is 0.154. The van der Waals surface area contributed by atoms with Gasteiger partial charge in [-0.2, -0.15) is 0 Å². The van der Waals surface area contributed by atoms with E-state index < -0.39 is 12.2 Å². The standard InChI is InChI=1S/C13H10F2O2/c1-17-11-5-4-8-6-10(12(16)13(14)15)3-2-9(8)7-11/h2-7,13H,1H3. The Balaban J connectivity index is 2.48. The van der Waals surface area contributed by atoms with Crippen molar-refractivity contribution >= 4 is 16.6 Å². The zero-order valence-corrected chi connectivity index (χ0v) is 9.11. The Morgan fingerprint density at radius 1 is 1.12 bits per heavy atom. The summed E-state index contributed by atoms with van der Waals surface area (Å²) in [6, 6.07) is 9.73. The molecule has 17 heavy (non-hydrogen) atoms. The Bertz CT molecular complexity index is 564. The van der Waals surface area contributed by atoms with Crippen molar-refractivity contribution < 1.29 is 18.3 Å². The van der Waals surface area contributed by atoms with Crippen LogP contribution in [0.2, 0.25) is 0 Å². The minimum Gasteiger partial charge on any atom is -0.497 e. The molecule has 0 spiro atoms. The fourth-order valence-corrected chi connectivity index (χ4v) is 1.63. The van der Waals surface area contributed by atoms with Crippen molar-refractivity contribution in [3.05, 3.63) is 42.0 Å². The Labute approximate surface area is 96.8 Å². The first-order chi connectivity index (χ1) is 8.11. The molecular formula is C13H10F2O2. The van der Waals surface area contributed by atoms with Gasteiger partial charge in [0.25, 0.3) is 0 Å². The highest BCUT2D eigenvalue weighted by Crippen LogP contribution is 2.22. The van der Waals surface area contributed by atoms with Crippen molar-refractivity contribution in [3.8, 4) is 5.75 Å². The largest absolute Gasteiger partial charge is 0.497 e. The lowest BCUT2D eigenvalue weighted by Gasteiger charge is -2.04. The second-order valence-corrected chi connectivity index (χ2v) is 3.59. The molecule has 2 rings (SSSR count). The maximum Gasteiger partial charge on any atom is 0.300 e. The van der Waals surface area contributed by atoms with E-state index >= 15 is 0 Å². The van der Waals surface area contributed by atoms with Crippen molar-refractivity contribution in [2.75, 3.05) is 7.11 Å². The number of ketones is 1. The predicted octanol–water partition coefficient (Wildman–Crippen LogP) is 3.30. The highest BCUT2D eigenvalue weighted by atomic mass is 19.3. The van der Waals surface area contributed by atoms with Crippen LogP contribution in [0.4, 0.5) is 8.78 Å². The molecular weight excluding hydrogens is 226 g/mol. The van der Waals surface area contributed by atoms with Crippen molar-refractivity contribution in [2.45, 2.75) is 6.43 Å². The molecule has 0 N–H and O–H groups in total. The Kier molecular flexibility index (Phi) is 3.04. The molecule has 0 aliphatic rings. The van der Waals surface area contributed by atoms with Crippen LogP contribution >= 0.6 is 0 Å². The summed E-state index contributed by atoms with van der Waals surface area (Å²) in [7, 11) is 1.55. The lowest BCUT2D eigenvalue weighted by molar-refractivity contribution is 0.0679. The van der Waals surface area contributed by atoms with Crippen LogP contribution in [0.5, 0.6) is 5.75 Å². The van der Waals surface area contributed by atoms with Crippen molar-refractivity contribution in [1.82, 2.24) is 0 Å². The third kappa shape index (κ3) is 2.25. The van der Waals surface area contributed by atoms with Gasteiger partial charge in [-0.15, -0.1) is 0 Å². The van der Waals surface area contributed by atoms with Crippen LogP contribution in [0.25, 0.3) is 10.8 Å². The molecule has 0 heterocycles. The van der Waals surface area contributed by atoms with Crippen LogP contribution in [0.3, 0.4) is 0 Å². The summed E-state index contributed by atoms with van der Waals surface area (Å²) in [5.74, 6) is -0.465. The number of fused-ring (bicyclic) bond motifs is 1. The number of methoxy groups -OCH3 is 1. The monoisotopic (exact) mass is 236 g/mol. The van der Waals surface area contributed by atoms with Crippen LogP contribution in [-0.4, -0.2) is 19.3 Å². The summed E-state index contributed by atoms with van der Waals surface area (Å²) in [4.78, 5) is 11.1. The zero-order valence-electron chi connectivity index (χ0n) is 9.11. The summed E-state index contributed by atoms with van der Waals surface area (Å²) in [5.41, 5.74) is 0.0256. The van der Waals surface area contributed by atoms with E-state index in [1.165, 1.54) is 12.1 Å². The van der Waals surface area contributed by atoms with Gasteiger partial charge in [-0.3, -0.25) is 4.79 Å². The van der Waals surface area contributed by atoms with Gasteiger partial charge in [0.05, 0.1) is 7.11 Å². The molecule has 0 aliphatic heterocycles. The first-order valence-corrected chi connectivity index (χ1v) is 5.02. The summed E-state index contributed by atoms with van der Waals surface area (Å²) < 4.78 is 29.6. The van der Waals surface area contributed by atoms with Gasteiger partial charge >= 0.3 is 6.43 Å². The molecule has 0 saturated carbocycles. The number of halogens is 2. The topological polar surface area (TPSA) is 26.3 Å². The molecule has 0 unspecified atom stereocenters. The number of rotatable bonds is 3. The quantitative estimate of drug-likeness (QED) is 0.764. The number of carbonyl (C=O) groups is 1. The Hall–Kier alpha value is -1.97. The molecule has 0 aromatic heterocycles. The SMILES string of the molecule is COc1ccc2cc(C(=O)C(F)F)ccc2c1. The lowest BCUT2D eigenvalue weighted by Crippen LogP contribution is -2.09. The molecule has 88 valence electrons. The zero-order chi connectivity index (χ0) is 12.4. The van der Waals surface area contributed by atoms with Crippen molar-refractivity contribution in [3.63, 3.8) is 0 Å². The van der Waals surface area contributed by atoms with Crippen LogP contribution < -0.4 is 4.74 Å². The average molecular weight is 236 g/mol. The van der Waals surface area contributed by atoms with Crippen LogP contribution in [0.15, 0.2) is 36.4 Å². The van der Waals surface area contributed by atoms with Crippen LogP contribution in [-0.2, 0) is 0 Å². The molecule has 0 saturated heterocycles. The third-order valence-corrected chi connectivity index (χ3v) is 2.53. The first-order valence-electron chi connectivity index (χ1n) is 5.02. The number of ether oxygens (including phenoxy) is 1. The third-order valence-electron chi connectivity index (χ3n) is 2.53. The normalized spacial score (nSPS) is 10.8. The number of hydrogen-bond donors (Lipinski definition) is 0. The highest BCUT2D eigenvalue weighted by Gasteiger charge is 2.17. The number of benzene rings is 2. The van der Waals surface area contributed by atoms with Gasteiger partial charge in [0, 0.05) is 5.56 Å². The number of Topliss-reactive ketones (excluding diaryl/α,β-unsaturated/α-hetero) is 1. The van der Waals surface area contributed by atoms with Gasteiger partial charge in [-0.25, -0.2) is 8.78 Å². The molecule has 2 nitrogen and oxygen atoms in total. The highest BCUT2D eigenvalue weighted by molar-refractivity contribution is 6.01. The minimum atomic E-state index is -2.97. The molecule has 0 bridgehead atoms. The summed E-state index contributed by atoms with van der Waals surface area (Å²) in [6.45, 7) is 0. The minimum absolute atomic E-state index is 0.0256. The van der Waals surface area contributed by atoms with E-state index in [2.05, 4.69) is 0 Å². The number of alkyl halides is 2. The molecule has 2 aromatic rings. The molecule has 0 aliphatic carbocycles. The maximum atomic E-state index is 12.3. The molecule has 4 heteroatoms. The van der Waals surface area contributed by atoms with Gasteiger partial charge in [0.1, 0.15) is 5.75 Å². The van der Waals surface area contributed by atoms with E-state index in [0.29, 0.717) is 5.75 Å². The van der Waals surface area contributed by atoms with Gasteiger partial charge in [0.2, 0.25) is 5.78 Å². The van der Waals surface area contributed by atoms with Crippen LogP contribution in [0.1, 0.15) is 10.4 Å². The van der Waals surface area contributed by atoms with E-state index in [1.807, 2.05) is 0 Å². The van der Waals surface area contributed by atoms with E-state index in [0.717, 1.165) is 10.8 Å². The van der Waals surface area contributed by atoms with E-state index in [4.69, 9.17) is 4.74 Å². The van der Waals surface area contributed by atoms with Gasteiger partial charge < -0.3 is 4.74 Å². The summed E-state index contributed by atoms with van der Waals surface area (Å²) >= 11 is 0.